The molecule has 1 amide bonds. The summed E-state index contributed by atoms with van der Waals surface area (Å²) < 4.78 is 13.0. The van der Waals surface area contributed by atoms with Crippen LogP contribution >= 0.6 is 0 Å². The van der Waals surface area contributed by atoms with Crippen LogP contribution in [-0.4, -0.2) is 45.4 Å². The molecule has 3 rings (SSSR count). The molecular formula is C22H31N5O4. The minimum absolute atomic E-state index is 0.209. The third-order valence-electron chi connectivity index (χ3n) is 5.20. The Hall–Kier alpha value is -2.78. The van der Waals surface area contributed by atoms with Gasteiger partial charge in [0.15, 0.2) is 5.82 Å². The van der Waals surface area contributed by atoms with E-state index in [1.807, 2.05) is 34.9 Å². The van der Waals surface area contributed by atoms with E-state index in [2.05, 4.69) is 15.5 Å². The normalized spacial score (nSPS) is 17.0. The topological polar surface area (TPSA) is 121 Å². The van der Waals surface area contributed by atoms with Crippen LogP contribution in [0.2, 0.25) is 0 Å². The van der Waals surface area contributed by atoms with Gasteiger partial charge in [0.1, 0.15) is 11.9 Å². The van der Waals surface area contributed by atoms with Crippen LogP contribution in [0.25, 0.3) is 0 Å². The Morgan fingerprint density at radius 2 is 2.03 bits per heavy atom. The first-order valence-corrected chi connectivity index (χ1v) is 10.6. The molecule has 0 bridgehead atoms. The summed E-state index contributed by atoms with van der Waals surface area (Å²) in [7, 11) is 0. The third kappa shape index (κ3) is 5.89. The molecule has 2 heterocycles. The molecule has 2 aromatic rings. The quantitative estimate of drug-likeness (QED) is 0.580. The standard InChI is InChI=1S/C22H31N5O4/c1-4-31-20(28)16-10-11-27-18(12-16)25-26-19(27)17(24-21(29)22(2,3)23)14-30-13-15-8-6-5-7-9-15/h5-9,16-17H,4,10-14,23H2,1-3H3,(H,24,29)/t16?,17-/m1/s1. The van der Waals surface area contributed by atoms with Crippen LogP contribution in [0.5, 0.6) is 0 Å². The molecule has 1 aromatic carbocycles. The van der Waals surface area contributed by atoms with E-state index in [4.69, 9.17) is 15.2 Å². The van der Waals surface area contributed by atoms with E-state index < -0.39 is 11.6 Å². The van der Waals surface area contributed by atoms with Crippen LogP contribution in [0.1, 0.15) is 50.4 Å². The Morgan fingerprint density at radius 1 is 1.29 bits per heavy atom. The maximum Gasteiger partial charge on any atom is 0.309 e. The third-order valence-corrected chi connectivity index (χ3v) is 5.20. The predicted molar refractivity (Wildman–Crippen MR) is 114 cm³/mol. The van der Waals surface area contributed by atoms with Crippen molar-refractivity contribution in [3.8, 4) is 0 Å². The minimum atomic E-state index is -1.04. The van der Waals surface area contributed by atoms with Crippen LogP contribution in [0.3, 0.4) is 0 Å². The SMILES string of the molecule is CCOC(=O)C1CCn2c(nnc2[C@@H](COCc2ccccc2)NC(=O)C(C)(C)N)C1. The monoisotopic (exact) mass is 429 g/mol. The summed E-state index contributed by atoms with van der Waals surface area (Å²) in [6.45, 7) is 6.64. The number of hydrogen-bond donors (Lipinski definition) is 2. The van der Waals surface area contributed by atoms with Gasteiger partial charge in [-0.15, -0.1) is 10.2 Å². The van der Waals surface area contributed by atoms with Crippen LogP contribution in [0.4, 0.5) is 0 Å². The number of amides is 1. The van der Waals surface area contributed by atoms with Crippen molar-refractivity contribution in [2.24, 2.45) is 11.7 Å². The molecule has 2 atom stereocenters. The molecule has 0 aliphatic carbocycles. The maximum absolute atomic E-state index is 12.6. The first kappa shape index (κ1) is 22.9. The van der Waals surface area contributed by atoms with Gasteiger partial charge in [-0.2, -0.15) is 0 Å². The second kappa shape index (κ2) is 10.0. The average molecular weight is 430 g/mol. The number of ether oxygens (including phenoxy) is 2. The molecule has 0 radical (unpaired) electrons. The molecule has 1 aromatic heterocycles. The summed E-state index contributed by atoms with van der Waals surface area (Å²) in [4.78, 5) is 24.7. The van der Waals surface area contributed by atoms with E-state index >= 15 is 0 Å². The molecule has 31 heavy (non-hydrogen) atoms. The van der Waals surface area contributed by atoms with Gasteiger partial charge >= 0.3 is 5.97 Å². The lowest BCUT2D eigenvalue weighted by Crippen LogP contribution is -2.51. The highest BCUT2D eigenvalue weighted by Gasteiger charge is 2.33. The van der Waals surface area contributed by atoms with Crippen LogP contribution < -0.4 is 11.1 Å². The van der Waals surface area contributed by atoms with E-state index in [-0.39, 0.29) is 24.4 Å². The zero-order valence-corrected chi connectivity index (χ0v) is 18.3. The lowest BCUT2D eigenvalue weighted by molar-refractivity contribution is -0.148. The molecule has 0 saturated carbocycles. The smallest absolute Gasteiger partial charge is 0.309 e. The second-order valence-corrected chi connectivity index (χ2v) is 8.32. The summed E-state index contributed by atoms with van der Waals surface area (Å²) in [6, 6.07) is 9.28. The number of nitrogens with one attached hydrogen (secondary N) is 1. The number of benzene rings is 1. The van der Waals surface area contributed by atoms with Gasteiger partial charge in [0.2, 0.25) is 5.91 Å². The number of hydrogen-bond acceptors (Lipinski definition) is 7. The summed E-state index contributed by atoms with van der Waals surface area (Å²) in [6.07, 6.45) is 1.09. The predicted octanol–water partition coefficient (Wildman–Crippen LogP) is 1.51. The fraction of sp³-hybridized carbons (Fsp3) is 0.545. The largest absolute Gasteiger partial charge is 0.466 e. The van der Waals surface area contributed by atoms with E-state index in [0.29, 0.717) is 44.2 Å². The number of carbonyl (C=O) groups excluding carboxylic acids is 2. The van der Waals surface area contributed by atoms with Crippen LogP contribution in [0.15, 0.2) is 30.3 Å². The fourth-order valence-corrected chi connectivity index (χ4v) is 3.46. The zero-order chi connectivity index (χ0) is 22.4. The number of carbonyl (C=O) groups is 2. The highest BCUT2D eigenvalue weighted by molar-refractivity contribution is 5.85. The summed E-state index contributed by atoms with van der Waals surface area (Å²) >= 11 is 0. The highest BCUT2D eigenvalue weighted by Crippen LogP contribution is 2.24. The molecule has 0 saturated heterocycles. The Bertz CT molecular complexity index is 891. The van der Waals surface area contributed by atoms with Gasteiger partial charge in [-0.1, -0.05) is 30.3 Å². The number of nitrogens with two attached hydrogens (primary N) is 1. The van der Waals surface area contributed by atoms with Gasteiger partial charge in [-0.25, -0.2) is 0 Å². The number of fused-ring (bicyclic) bond motifs is 1. The highest BCUT2D eigenvalue weighted by atomic mass is 16.5. The molecule has 1 aliphatic rings. The molecule has 9 nitrogen and oxygen atoms in total. The molecule has 1 unspecified atom stereocenters. The fourth-order valence-electron chi connectivity index (χ4n) is 3.46. The van der Waals surface area contributed by atoms with Crippen molar-refractivity contribution in [2.75, 3.05) is 13.2 Å². The first-order chi connectivity index (χ1) is 14.8. The Labute approximate surface area is 182 Å². The van der Waals surface area contributed by atoms with Gasteiger partial charge in [0.25, 0.3) is 0 Å². The molecule has 1 aliphatic heterocycles. The maximum atomic E-state index is 12.6. The van der Waals surface area contributed by atoms with Gasteiger partial charge < -0.3 is 25.1 Å². The summed E-state index contributed by atoms with van der Waals surface area (Å²) in [5, 5.41) is 11.5. The van der Waals surface area contributed by atoms with E-state index in [9.17, 15) is 9.59 Å². The Kier molecular flexibility index (Phi) is 7.40. The van der Waals surface area contributed by atoms with Crippen molar-refractivity contribution >= 4 is 11.9 Å². The molecular weight excluding hydrogens is 398 g/mol. The molecule has 3 N–H and O–H groups in total. The Morgan fingerprint density at radius 3 is 2.71 bits per heavy atom. The Balaban J connectivity index is 1.74. The van der Waals surface area contributed by atoms with Crippen molar-refractivity contribution in [1.82, 2.24) is 20.1 Å². The van der Waals surface area contributed by atoms with Gasteiger partial charge in [-0.05, 0) is 32.8 Å². The van der Waals surface area contributed by atoms with Crippen LogP contribution in [0, 0.1) is 5.92 Å². The van der Waals surface area contributed by atoms with Crippen molar-refractivity contribution in [1.29, 1.82) is 0 Å². The molecule has 0 spiro atoms. The molecule has 9 heteroatoms. The molecule has 168 valence electrons. The van der Waals surface area contributed by atoms with Crippen LogP contribution in [-0.2, 0) is 38.6 Å². The first-order valence-electron chi connectivity index (χ1n) is 10.6. The summed E-state index contributed by atoms with van der Waals surface area (Å²) in [5.41, 5.74) is 5.96. The van der Waals surface area contributed by atoms with Crippen molar-refractivity contribution in [2.45, 2.75) is 58.3 Å². The van der Waals surface area contributed by atoms with E-state index in [1.165, 1.54) is 0 Å². The minimum Gasteiger partial charge on any atom is -0.466 e. The number of nitrogens with zero attached hydrogens (tertiary/aromatic N) is 3. The average Bonchev–Trinajstić information content (AvgIpc) is 3.16. The van der Waals surface area contributed by atoms with Crippen molar-refractivity contribution in [3.05, 3.63) is 47.5 Å². The molecule has 0 fully saturated rings. The van der Waals surface area contributed by atoms with Gasteiger partial charge in [0, 0.05) is 13.0 Å². The number of rotatable bonds is 9. The lowest BCUT2D eigenvalue weighted by atomic mass is 9.97. The van der Waals surface area contributed by atoms with E-state index in [0.717, 1.165) is 5.56 Å². The van der Waals surface area contributed by atoms with Gasteiger partial charge in [0.05, 0.1) is 31.3 Å². The van der Waals surface area contributed by atoms with Crippen molar-refractivity contribution < 1.29 is 19.1 Å². The van der Waals surface area contributed by atoms with Crippen molar-refractivity contribution in [3.63, 3.8) is 0 Å². The number of esters is 1. The van der Waals surface area contributed by atoms with Gasteiger partial charge in [-0.3, -0.25) is 9.59 Å². The van der Waals surface area contributed by atoms with E-state index in [1.54, 1.807) is 20.8 Å². The summed E-state index contributed by atoms with van der Waals surface area (Å²) in [5.74, 6) is 0.559. The lowest BCUT2D eigenvalue weighted by Gasteiger charge is -2.26. The zero-order valence-electron chi connectivity index (χ0n) is 18.3. The number of aromatic nitrogens is 3. The second-order valence-electron chi connectivity index (χ2n) is 8.32.